The fraction of sp³-hybridized carbons (Fsp3) is 1.00. The maximum atomic E-state index is 3.72. The van der Waals surface area contributed by atoms with E-state index in [0.29, 0.717) is 0 Å². The van der Waals surface area contributed by atoms with Crippen molar-refractivity contribution in [2.24, 2.45) is 5.92 Å². The highest BCUT2D eigenvalue weighted by molar-refractivity contribution is 4.87. The van der Waals surface area contributed by atoms with E-state index in [1.807, 2.05) is 0 Å². The second-order valence-electron chi connectivity index (χ2n) is 6.27. The van der Waals surface area contributed by atoms with E-state index in [1.54, 1.807) is 0 Å². The van der Waals surface area contributed by atoms with Crippen molar-refractivity contribution in [2.45, 2.75) is 70.8 Å². The predicted octanol–water partition coefficient (Wildman–Crippen LogP) is 3.42. The molecular formula is C16H32N2. The average molecular weight is 252 g/mol. The lowest BCUT2D eigenvalue weighted by Gasteiger charge is -2.44. The second kappa shape index (κ2) is 8.16. The van der Waals surface area contributed by atoms with Crippen molar-refractivity contribution in [3.63, 3.8) is 0 Å². The van der Waals surface area contributed by atoms with Crippen LogP contribution in [0.3, 0.4) is 0 Å². The molecule has 2 fully saturated rings. The molecule has 2 heteroatoms. The van der Waals surface area contributed by atoms with Gasteiger partial charge in [-0.1, -0.05) is 32.6 Å². The number of nitrogens with one attached hydrogen (secondary N) is 1. The Morgan fingerprint density at radius 3 is 2.78 bits per heavy atom. The Kier molecular flexibility index (Phi) is 6.50. The molecule has 18 heavy (non-hydrogen) atoms. The van der Waals surface area contributed by atoms with E-state index in [1.165, 1.54) is 84.0 Å². The minimum Gasteiger partial charge on any atom is -0.316 e. The molecule has 2 saturated heterocycles. The first kappa shape index (κ1) is 14.3. The maximum absolute atomic E-state index is 3.72. The molecule has 0 amide bonds. The van der Waals surface area contributed by atoms with Crippen LogP contribution in [-0.4, -0.2) is 37.1 Å². The first-order valence-corrected chi connectivity index (χ1v) is 8.36. The third-order valence-electron chi connectivity index (χ3n) is 4.84. The molecule has 0 saturated carbocycles. The van der Waals surface area contributed by atoms with E-state index in [2.05, 4.69) is 17.1 Å². The second-order valence-corrected chi connectivity index (χ2v) is 6.27. The number of piperidine rings is 2. The number of fused-ring (bicyclic) bond motifs is 1. The Bertz CT molecular complexity index is 215. The summed E-state index contributed by atoms with van der Waals surface area (Å²) in [5, 5.41) is 3.72. The van der Waals surface area contributed by atoms with Crippen molar-refractivity contribution >= 4 is 0 Å². The topological polar surface area (TPSA) is 15.3 Å². The Hall–Kier alpha value is -0.0800. The minimum absolute atomic E-state index is 0.913. The molecular weight excluding hydrogens is 220 g/mol. The smallest absolute Gasteiger partial charge is 0.0136 e. The van der Waals surface area contributed by atoms with Gasteiger partial charge in [0.2, 0.25) is 0 Å². The number of unbranched alkanes of at least 4 members (excludes halogenated alkanes) is 3. The van der Waals surface area contributed by atoms with Crippen LogP contribution in [-0.2, 0) is 0 Å². The van der Waals surface area contributed by atoms with Crippen molar-refractivity contribution in [3.05, 3.63) is 0 Å². The zero-order valence-electron chi connectivity index (χ0n) is 12.3. The predicted molar refractivity (Wildman–Crippen MR) is 78.9 cm³/mol. The molecule has 0 bridgehead atoms. The summed E-state index contributed by atoms with van der Waals surface area (Å²) in [6.07, 6.45) is 12.8. The van der Waals surface area contributed by atoms with Gasteiger partial charge in [0.05, 0.1) is 0 Å². The largest absolute Gasteiger partial charge is 0.316 e. The van der Waals surface area contributed by atoms with Gasteiger partial charge in [-0.2, -0.15) is 0 Å². The summed E-state index contributed by atoms with van der Waals surface area (Å²) in [4.78, 5) is 2.77. The molecule has 0 unspecified atom stereocenters. The van der Waals surface area contributed by atoms with E-state index in [9.17, 15) is 0 Å². The molecule has 0 aromatic carbocycles. The molecule has 1 N–H and O–H groups in total. The molecule has 0 radical (unpaired) electrons. The Morgan fingerprint density at radius 1 is 1.00 bits per heavy atom. The van der Waals surface area contributed by atoms with Crippen LogP contribution in [0.1, 0.15) is 64.7 Å². The van der Waals surface area contributed by atoms with Gasteiger partial charge in [-0.3, -0.25) is 0 Å². The molecule has 2 aliphatic heterocycles. The normalized spacial score (nSPS) is 29.2. The number of hydrogen-bond acceptors (Lipinski definition) is 2. The maximum Gasteiger partial charge on any atom is 0.0136 e. The molecule has 0 aromatic rings. The molecule has 2 heterocycles. The van der Waals surface area contributed by atoms with Gasteiger partial charge in [-0.25, -0.2) is 0 Å². The molecule has 2 nitrogen and oxygen atoms in total. The SMILES string of the molecule is CCCCCCNC[C@@H]1CCCN2CCCC[C@@H]12. The van der Waals surface area contributed by atoms with Gasteiger partial charge in [0.15, 0.2) is 0 Å². The summed E-state index contributed by atoms with van der Waals surface area (Å²) in [5.41, 5.74) is 0. The van der Waals surface area contributed by atoms with Gasteiger partial charge < -0.3 is 10.2 Å². The van der Waals surface area contributed by atoms with Crippen molar-refractivity contribution in [3.8, 4) is 0 Å². The van der Waals surface area contributed by atoms with Crippen LogP contribution in [0.2, 0.25) is 0 Å². The lowest BCUT2D eigenvalue weighted by molar-refractivity contribution is 0.0595. The number of nitrogens with zero attached hydrogens (tertiary/aromatic N) is 1. The zero-order valence-corrected chi connectivity index (χ0v) is 12.3. The molecule has 106 valence electrons. The van der Waals surface area contributed by atoms with Crippen LogP contribution in [0, 0.1) is 5.92 Å². The van der Waals surface area contributed by atoms with Crippen molar-refractivity contribution in [2.75, 3.05) is 26.2 Å². The number of hydrogen-bond donors (Lipinski definition) is 1. The first-order chi connectivity index (χ1) is 8.92. The van der Waals surface area contributed by atoms with Crippen molar-refractivity contribution in [1.82, 2.24) is 10.2 Å². The van der Waals surface area contributed by atoms with E-state index in [0.717, 1.165) is 12.0 Å². The molecule has 2 aliphatic rings. The van der Waals surface area contributed by atoms with Crippen LogP contribution < -0.4 is 5.32 Å². The molecule has 0 spiro atoms. The van der Waals surface area contributed by atoms with Crippen molar-refractivity contribution < 1.29 is 0 Å². The first-order valence-electron chi connectivity index (χ1n) is 8.36. The summed E-state index contributed by atoms with van der Waals surface area (Å²) < 4.78 is 0. The van der Waals surface area contributed by atoms with Crippen LogP contribution in [0.4, 0.5) is 0 Å². The summed E-state index contributed by atoms with van der Waals surface area (Å²) in [7, 11) is 0. The van der Waals surface area contributed by atoms with E-state index < -0.39 is 0 Å². The Labute approximate surface area is 114 Å². The highest BCUT2D eigenvalue weighted by Crippen LogP contribution is 2.30. The van der Waals surface area contributed by atoms with Gasteiger partial charge in [0.1, 0.15) is 0 Å². The van der Waals surface area contributed by atoms with E-state index >= 15 is 0 Å². The Balaban J connectivity index is 1.62. The zero-order chi connectivity index (χ0) is 12.6. The summed E-state index contributed by atoms with van der Waals surface area (Å²) in [5.74, 6) is 0.935. The standard InChI is InChI=1S/C16H32N2/c1-2-3-4-6-11-17-14-15-9-8-13-18-12-7-5-10-16(15)18/h15-17H,2-14H2,1H3/t15-,16-/m0/s1. The van der Waals surface area contributed by atoms with Gasteiger partial charge in [-0.05, 0) is 64.2 Å². The van der Waals surface area contributed by atoms with Crippen LogP contribution in [0.15, 0.2) is 0 Å². The highest BCUT2D eigenvalue weighted by atomic mass is 15.2. The summed E-state index contributed by atoms with van der Waals surface area (Å²) in [6.45, 7) is 7.54. The lowest BCUT2D eigenvalue weighted by Crippen LogP contribution is -2.50. The summed E-state index contributed by atoms with van der Waals surface area (Å²) >= 11 is 0. The quantitative estimate of drug-likeness (QED) is 0.698. The molecule has 0 aromatic heterocycles. The lowest BCUT2D eigenvalue weighted by atomic mass is 9.83. The van der Waals surface area contributed by atoms with Gasteiger partial charge in [-0.15, -0.1) is 0 Å². The van der Waals surface area contributed by atoms with E-state index in [4.69, 9.17) is 0 Å². The van der Waals surface area contributed by atoms with Crippen LogP contribution in [0.5, 0.6) is 0 Å². The molecule has 0 aliphatic carbocycles. The molecule has 2 atom stereocenters. The minimum atomic E-state index is 0.913. The molecule has 2 rings (SSSR count). The third-order valence-corrected chi connectivity index (χ3v) is 4.84. The fourth-order valence-electron chi connectivity index (χ4n) is 3.78. The highest BCUT2D eigenvalue weighted by Gasteiger charge is 2.32. The van der Waals surface area contributed by atoms with Crippen LogP contribution in [0.25, 0.3) is 0 Å². The van der Waals surface area contributed by atoms with Crippen molar-refractivity contribution in [1.29, 1.82) is 0 Å². The van der Waals surface area contributed by atoms with Gasteiger partial charge >= 0.3 is 0 Å². The monoisotopic (exact) mass is 252 g/mol. The van der Waals surface area contributed by atoms with Gasteiger partial charge in [0, 0.05) is 6.04 Å². The average Bonchev–Trinajstić information content (AvgIpc) is 2.43. The third kappa shape index (κ3) is 4.24. The summed E-state index contributed by atoms with van der Waals surface area (Å²) in [6, 6.07) is 0.913. The van der Waals surface area contributed by atoms with Crippen LogP contribution >= 0.6 is 0 Å². The van der Waals surface area contributed by atoms with E-state index in [-0.39, 0.29) is 0 Å². The fourth-order valence-corrected chi connectivity index (χ4v) is 3.78. The number of rotatable bonds is 7. The Morgan fingerprint density at radius 2 is 1.89 bits per heavy atom. The van der Waals surface area contributed by atoms with Gasteiger partial charge in [0.25, 0.3) is 0 Å².